The molecular formula is C10H12F2N4O. The summed E-state index contributed by atoms with van der Waals surface area (Å²) in [5.74, 6) is 0. The molecule has 1 atom stereocenters. The van der Waals surface area contributed by atoms with Crippen LogP contribution in [0.25, 0.3) is 0 Å². The summed E-state index contributed by atoms with van der Waals surface area (Å²) in [6.07, 6.45) is 0.716. The Morgan fingerprint density at radius 1 is 1.65 bits per heavy atom. The number of pyridine rings is 1. The average Bonchev–Trinajstić information content (AvgIpc) is 2.26. The predicted octanol–water partition coefficient (Wildman–Crippen LogP) is 1.58. The number of nitrogen functional groups attached to an aromatic ring is 1. The zero-order chi connectivity index (χ0) is 12.8. The summed E-state index contributed by atoms with van der Waals surface area (Å²) in [6, 6.07) is 3.25. The van der Waals surface area contributed by atoms with Gasteiger partial charge in [-0.2, -0.15) is 14.0 Å². The summed E-state index contributed by atoms with van der Waals surface area (Å²) < 4.78 is 28.0. The molecule has 1 rings (SSSR count). The number of hydrogen-bond donors (Lipinski definition) is 2. The predicted molar refractivity (Wildman–Crippen MR) is 58.4 cm³/mol. The lowest BCUT2D eigenvalue weighted by Gasteiger charge is -2.14. The van der Waals surface area contributed by atoms with E-state index in [1.165, 1.54) is 19.2 Å². The summed E-state index contributed by atoms with van der Waals surface area (Å²) in [7, 11) is 0. The summed E-state index contributed by atoms with van der Waals surface area (Å²) in [5, 5.41) is 11.4. The molecule has 1 heterocycles. The lowest BCUT2D eigenvalue weighted by molar-refractivity contribution is -0.153. The van der Waals surface area contributed by atoms with Crippen molar-refractivity contribution < 1.29 is 13.5 Å². The molecule has 0 aromatic carbocycles. The van der Waals surface area contributed by atoms with Gasteiger partial charge in [-0.05, 0) is 13.0 Å². The molecule has 92 valence electrons. The highest BCUT2D eigenvalue weighted by atomic mass is 19.3. The van der Waals surface area contributed by atoms with Gasteiger partial charge in [0.05, 0.1) is 23.7 Å². The van der Waals surface area contributed by atoms with Crippen LogP contribution in [0.15, 0.2) is 12.3 Å². The molecule has 0 aliphatic rings. The van der Waals surface area contributed by atoms with E-state index in [0.29, 0.717) is 11.4 Å². The maximum Gasteiger partial charge on any atom is 0.345 e. The van der Waals surface area contributed by atoms with E-state index < -0.39 is 12.7 Å². The molecule has 1 unspecified atom stereocenters. The third-order valence-corrected chi connectivity index (χ3v) is 1.97. The second-order valence-electron chi connectivity index (χ2n) is 3.36. The van der Waals surface area contributed by atoms with E-state index >= 15 is 0 Å². The Kier molecular flexibility index (Phi) is 4.60. The van der Waals surface area contributed by atoms with E-state index in [0.717, 1.165) is 0 Å². The van der Waals surface area contributed by atoms with Gasteiger partial charge in [-0.15, -0.1) is 0 Å². The van der Waals surface area contributed by atoms with Gasteiger partial charge in [0.15, 0.2) is 0 Å². The van der Waals surface area contributed by atoms with Crippen LogP contribution in [-0.4, -0.2) is 24.2 Å². The van der Waals surface area contributed by atoms with Crippen LogP contribution in [0.2, 0.25) is 0 Å². The minimum atomic E-state index is -2.80. The molecule has 0 saturated carbocycles. The lowest BCUT2D eigenvalue weighted by Crippen LogP contribution is -2.22. The Labute approximate surface area is 97.2 Å². The number of aromatic nitrogens is 1. The van der Waals surface area contributed by atoms with Crippen molar-refractivity contribution in [3.05, 3.63) is 18.0 Å². The zero-order valence-corrected chi connectivity index (χ0v) is 9.15. The molecule has 7 heteroatoms. The van der Waals surface area contributed by atoms with Crippen LogP contribution < -0.4 is 11.1 Å². The van der Waals surface area contributed by atoms with Gasteiger partial charge in [0.1, 0.15) is 11.8 Å². The number of nitrogens with zero attached hydrogens (tertiary/aromatic N) is 2. The van der Waals surface area contributed by atoms with Gasteiger partial charge in [0, 0.05) is 6.54 Å². The van der Waals surface area contributed by atoms with Crippen molar-refractivity contribution in [3.8, 4) is 6.07 Å². The van der Waals surface area contributed by atoms with Crippen LogP contribution >= 0.6 is 0 Å². The Bertz CT molecular complexity index is 419. The number of nitrogens with one attached hydrogen (secondary N) is 1. The fourth-order valence-corrected chi connectivity index (χ4v) is 1.16. The van der Waals surface area contributed by atoms with Crippen molar-refractivity contribution in [2.75, 3.05) is 17.6 Å². The minimum Gasteiger partial charge on any atom is -0.397 e. The summed E-state index contributed by atoms with van der Waals surface area (Å²) >= 11 is 0. The largest absolute Gasteiger partial charge is 0.397 e. The van der Waals surface area contributed by atoms with E-state index in [2.05, 4.69) is 15.0 Å². The number of alkyl halides is 2. The number of nitrogens with two attached hydrogens (primary N) is 1. The Morgan fingerprint density at radius 3 is 2.88 bits per heavy atom. The van der Waals surface area contributed by atoms with Gasteiger partial charge in [0.2, 0.25) is 0 Å². The van der Waals surface area contributed by atoms with Crippen LogP contribution in [0.5, 0.6) is 0 Å². The quantitative estimate of drug-likeness (QED) is 0.818. The van der Waals surface area contributed by atoms with Gasteiger partial charge in [-0.1, -0.05) is 0 Å². The van der Waals surface area contributed by atoms with Crippen molar-refractivity contribution in [2.45, 2.75) is 19.6 Å². The molecule has 0 spiro atoms. The van der Waals surface area contributed by atoms with Crippen LogP contribution in [-0.2, 0) is 4.74 Å². The van der Waals surface area contributed by atoms with E-state index in [9.17, 15) is 8.78 Å². The van der Waals surface area contributed by atoms with Crippen LogP contribution in [0.3, 0.4) is 0 Å². The number of ether oxygens (including phenoxy) is 1. The second-order valence-corrected chi connectivity index (χ2v) is 3.36. The third-order valence-electron chi connectivity index (χ3n) is 1.97. The van der Waals surface area contributed by atoms with Crippen molar-refractivity contribution in [2.24, 2.45) is 0 Å². The molecule has 0 radical (unpaired) electrons. The van der Waals surface area contributed by atoms with Crippen molar-refractivity contribution in [1.82, 2.24) is 4.98 Å². The molecule has 17 heavy (non-hydrogen) atoms. The maximum absolute atomic E-state index is 11.9. The molecule has 3 N–H and O–H groups in total. The Morgan fingerprint density at radius 2 is 2.35 bits per heavy atom. The average molecular weight is 242 g/mol. The van der Waals surface area contributed by atoms with E-state index in [4.69, 9.17) is 11.0 Å². The molecular weight excluding hydrogens is 230 g/mol. The van der Waals surface area contributed by atoms with Gasteiger partial charge < -0.3 is 15.8 Å². The highest BCUT2D eigenvalue weighted by molar-refractivity contribution is 5.65. The number of anilines is 2. The van der Waals surface area contributed by atoms with Gasteiger partial charge >= 0.3 is 6.61 Å². The second kappa shape index (κ2) is 5.96. The van der Waals surface area contributed by atoms with Crippen LogP contribution in [0, 0.1) is 11.3 Å². The fraction of sp³-hybridized carbons (Fsp3) is 0.400. The smallest absolute Gasteiger partial charge is 0.345 e. The molecule has 1 aromatic rings. The van der Waals surface area contributed by atoms with Gasteiger partial charge in [-0.3, -0.25) is 0 Å². The number of halogens is 2. The SMILES string of the molecule is CC(CNc1cnc(C#N)cc1N)OC(F)F. The summed E-state index contributed by atoms with van der Waals surface area (Å²) in [4.78, 5) is 3.80. The first-order valence-corrected chi connectivity index (χ1v) is 4.86. The Hall–Kier alpha value is -1.94. The molecule has 0 bridgehead atoms. The van der Waals surface area contributed by atoms with E-state index in [1.807, 2.05) is 6.07 Å². The van der Waals surface area contributed by atoms with Crippen LogP contribution in [0.4, 0.5) is 20.2 Å². The zero-order valence-electron chi connectivity index (χ0n) is 9.15. The Balaban J connectivity index is 2.55. The lowest BCUT2D eigenvalue weighted by atomic mass is 10.3. The minimum absolute atomic E-state index is 0.169. The molecule has 0 saturated heterocycles. The molecule has 0 fully saturated rings. The van der Waals surface area contributed by atoms with Crippen molar-refractivity contribution in [1.29, 1.82) is 5.26 Å². The highest BCUT2D eigenvalue weighted by Crippen LogP contribution is 2.17. The molecule has 0 aliphatic carbocycles. The van der Waals surface area contributed by atoms with Crippen molar-refractivity contribution in [3.63, 3.8) is 0 Å². The van der Waals surface area contributed by atoms with E-state index in [1.54, 1.807) is 0 Å². The first-order valence-electron chi connectivity index (χ1n) is 4.86. The molecule has 0 aliphatic heterocycles. The summed E-state index contributed by atoms with van der Waals surface area (Å²) in [6.45, 7) is -1.13. The fourth-order valence-electron chi connectivity index (χ4n) is 1.16. The number of nitriles is 1. The van der Waals surface area contributed by atoms with Gasteiger partial charge in [-0.25, -0.2) is 4.98 Å². The molecule has 5 nitrogen and oxygen atoms in total. The molecule has 0 amide bonds. The first-order chi connectivity index (χ1) is 8.02. The van der Waals surface area contributed by atoms with Gasteiger partial charge in [0.25, 0.3) is 0 Å². The summed E-state index contributed by atoms with van der Waals surface area (Å²) in [5.41, 5.74) is 6.66. The topological polar surface area (TPSA) is 84.0 Å². The van der Waals surface area contributed by atoms with Crippen LogP contribution in [0.1, 0.15) is 12.6 Å². The normalized spacial score (nSPS) is 12.2. The standard InChI is InChI=1S/C10H12F2N4O/c1-6(17-10(11)12)4-16-9-5-15-7(3-13)2-8(9)14/h2,5-6,10,16H,4H2,1H3,(H2,14,15). The first kappa shape index (κ1) is 13.1. The number of rotatable bonds is 5. The highest BCUT2D eigenvalue weighted by Gasteiger charge is 2.10. The molecule has 1 aromatic heterocycles. The van der Waals surface area contributed by atoms with E-state index in [-0.39, 0.29) is 12.2 Å². The monoisotopic (exact) mass is 242 g/mol. The van der Waals surface area contributed by atoms with Crippen molar-refractivity contribution >= 4 is 11.4 Å². The third kappa shape index (κ3) is 4.20. The number of hydrogen-bond acceptors (Lipinski definition) is 5. The maximum atomic E-state index is 11.9.